The van der Waals surface area contributed by atoms with E-state index in [1.165, 1.54) is 10.4 Å². The van der Waals surface area contributed by atoms with Gasteiger partial charge in [0, 0.05) is 56.5 Å². The minimum absolute atomic E-state index is 0.0666. The summed E-state index contributed by atoms with van der Waals surface area (Å²) in [6.07, 6.45) is 1.96. The van der Waals surface area contributed by atoms with Crippen LogP contribution in [0.5, 0.6) is 0 Å². The predicted octanol–water partition coefficient (Wildman–Crippen LogP) is 3.47. The molecule has 0 unspecified atom stereocenters. The molecule has 8 heteroatoms. The Labute approximate surface area is 186 Å². The summed E-state index contributed by atoms with van der Waals surface area (Å²) in [6.45, 7) is 8.66. The van der Waals surface area contributed by atoms with Crippen molar-refractivity contribution in [3.63, 3.8) is 0 Å². The molecule has 31 heavy (non-hydrogen) atoms. The van der Waals surface area contributed by atoms with Crippen LogP contribution in [0.1, 0.15) is 23.8 Å². The number of carbonyl (C=O) groups excluding carboxylic acids is 2. The van der Waals surface area contributed by atoms with Gasteiger partial charge < -0.3 is 15.1 Å². The number of rotatable bonds is 5. The molecule has 1 aliphatic heterocycles. The van der Waals surface area contributed by atoms with Crippen LogP contribution in [-0.2, 0) is 9.59 Å². The van der Waals surface area contributed by atoms with Gasteiger partial charge in [0.1, 0.15) is 17.0 Å². The third kappa shape index (κ3) is 4.54. The van der Waals surface area contributed by atoms with E-state index in [4.69, 9.17) is 0 Å². The maximum atomic E-state index is 12.6. The monoisotopic (exact) mass is 437 g/mol. The lowest BCUT2D eigenvalue weighted by Crippen LogP contribution is -2.50. The lowest BCUT2D eigenvalue weighted by atomic mass is 10.0. The summed E-state index contributed by atoms with van der Waals surface area (Å²) in [4.78, 5) is 38.8. The molecule has 4 rings (SSSR count). The summed E-state index contributed by atoms with van der Waals surface area (Å²) in [7, 11) is 0. The number of carbonyl (C=O) groups is 2. The molecule has 1 saturated heterocycles. The van der Waals surface area contributed by atoms with Crippen LogP contribution in [0.15, 0.2) is 30.6 Å². The average Bonchev–Trinajstić information content (AvgIpc) is 3.11. The Morgan fingerprint density at radius 1 is 1.03 bits per heavy atom. The fraction of sp³-hybridized carbons (Fsp3) is 0.391. The van der Waals surface area contributed by atoms with Crippen molar-refractivity contribution in [3.8, 4) is 11.1 Å². The number of piperazine rings is 1. The maximum Gasteiger partial charge on any atom is 0.224 e. The van der Waals surface area contributed by atoms with E-state index in [0.29, 0.717) is 39.1 Å². The van der Waals surface area contributed by atoms with Crippen LogP contribution in [0.2, 0.25) is 0 Å². The Morgan fingerprint density at radius 3 is 2.39 bits per heavy atom. The van der Waals surface area contributed by atoms with E-state index in [9.17, 15) is 9.59 Å². The molecule has 1 fully saturated rings. The smallest absolute Gasteiger partial charge is 0.224 e. The van der Waals surface area contributed by atoms with Crippen molar-refractivity contribution in [2.45, 2.75) is 27.2 Å². The van der Waals surface area contributed by atoms with E-state index in [2.05, 4.69) is 53.4 Å². The molecule has 3 heterocycles. The number of thiophene rings is 1. The lowest BCUT2D eigenvalue weighted by Gasteiger charge is -2.34. The highest BCUT2D eigenvalue weighted by atomic mass is 32.1. The fourth-order valence-electron chi connectivity index (χ4n) is 3.96. The Hall–Kier alpha value is -3.00. The topological polar surface area (TPSA) is 78.4 Å². The van der Waals surface area contributed by atoms with Crippen LogP contribution in [0, 0.1) is 13.8 Å². The van der Waals surface area contributed by atoms with Gasteiger partial charge in [0.2, 0.25) is 11.8 Å². The normalized spacial score (nSPS) is 14.2. The van der Waals surface area contributed by atoms with Gasteiger partial charge in [-0.05, 0) is 19.4 Å². The SMILES string of the molecule is CC(=O)N1CCN(C(=O)CCNc2ncnc3sc(C)c(-c4ccc(C)cc4)c23)CC1. The van der Waals surface area contributed by atoms with Crippen LogP contribution in [0.4, 0.5) is 5.82 Å². The summed E-state index contributed by atoms with van der Waals surface area (Å²) >= 11 is 1.66. The van der Waals surface area contributed by atoms with Gasteiger partial charge in [-0.25, -0.2) is 9.97 Å². The highest BCUT2D eigenvalue weighted by Crippen LogP contribution is 2.40. The Kier molecular flexibility index (Phi) is 6.18. The first-order valence-corrected chi connectivity index (χ1v) is 11.3. The van der Waals surface area contributed by atoms with E-state index in [1.807, 2.05) is 4.90 Å². The lowest BCUT2D eigenvalue weighted by molar-refractivity contribution is -0.138. The van der Waals surface area contributed by atoms with Crippen LogP contribution < -0.4 is 5.32 Å². The Balaban J connectivity index is 1.46. The second kappa shape index (κ2) is 9.01. The second-order valence-corrected chi connectivity index (χ2v) is 9.07. The first kappa shape index (κ1) is 21.2. The number of anilines is 1. The van der Waals surface area contributed by atoms with Gasteiger partial charge in [-0.15, -0.1) is 11.3 Å². The second-order valence-electron chi connectivity index (χ2n) is 7.87. The molecule has 1 aromatic carbocycles. The Bertz CT molecular complexity index is 1100. The third-order valence-corrected chi connectivity index (χ3v) is 6.73. The van der Waals surface area contributed by atoms with E-state index in [0.717, 1.165) is 27.2 Å². The number of fused-ring (bicyclic) bond motifs is 1. The molecule has 0 aliphatic carbocycles. The van der Waals surface area contributed by atoms with E-state index in [1.54, 1.807) is 29.5 Å². The number of nitrogens with zero attached hydrogens (tertiary/aromatic N) is 4. The van der Waals surface area contributed by atoms with Gasteiger partial charge in [-0.1, -0.05) is 29.8 Å². The van der Waals surface area contributed by atoms with Gasteiger partial charge >= 0.3 is 0 Å². The molecule has 0 bridgehead atoms. The number of hydrogen-bond donors (Lipinski definition) is 1. The predicted molar refractivity (Wildman–Crippen MR) is 124 cm³/mol. The highest BCUT2D eigenvalue weighted by Gasteiger charge is 2.22. The summed E-state index contributed by atoms with van der Waals surface area (Å²) in [6, 6.07) is 8.48. The summed E-state index contributed by atoms with van der Waals surface area (Å²) in [5, 5.41) is 4.37. The number of benzene rings is 1. The van der Waals surface area contributed by atoms with Crippen LogP contribution in [0.25, 0.3) is 21.3 Å². The molecular formula is C23H27N5O2S. The van der Waals surface area contributed by atoms with Crippen molar-refractivity contribution in [2.75, 3.05) is 38.0 Å². The first-order valence-electron chi connectivity index (χ1n) is 10.5. The number of hydrogen-bond acceptors (Lipinski definition) is 6. The molecular weight excluding hydrogens is 410 g/mol. The highest BCUT2D eigenvalue weighted by molar-refractivity contribution is 7.19. The van der Waals surface area contributed by atoms with Crippen molar-refractivity contribution in [1.29, 1.82) is 0 Å². The van der Waals surface area contributed by atoms with Crippen molar-refractivity contribution in [1.82, 2.24) is 19.8 Å². The number of nitrogens with one attached hydrogen (secondary N) is 1. The molecule has 1 N–H and O–H groups in total. The molecule has 7 nitrogen and oxygen atoms in total. The van der Waals surface area contributed by atoms with E-state index < -0.39 is 0 Å². The quantitative estimate of drug-likeness (QED) is 0.661. The largest absolute Gasteiger partial charge is 0.369 e. The van der Waals surface area contributed by atoms with Gasteiger partial charge in [-0.3, -0.25) is 9.59 Å². The zero-order valence-corrected chi connectivity index (χ0v) is 19.0. The molecule has 3 aromatic rings. The van der Waals surface area contributed by atoms with Crippen molar-refractivity contribution in [3.05, 3.63) is 41.0 Å². The van der Waals surface area contributed by atoms with Crippen molar-refractivity contribution < 1.29 is 9.59 Å². The summed E-state index contributed by atoms with van der Waals surface area (Å²) in [5.74, 6) is 0.928. The number of amides is 2. The van der Waals surface area contributed by atoms with Crippen LogP contribution in [-0.4, -0.2) is 64.3 Å². The number of aromatic nitrogens is 2. The van der Waals surface area contributed by atoms with Gasteiger partial charge in [0.15, 0.2) is 0 Å². The maximum absolute atomic E-state index is 12.6. The summed E-state index contributed by atoms with van der Waals surface area (Å²) in [5.41, 5.74) is 3.51. The summed E-state index contributed by atoms with van der Waals surface area (Å²) < 4.78 is 0. The van der Waals surface area contributed by atoms with Crippen LogP contribution in [0.3, 0.4) is 0 Å². The zero-order valence-electron chi connectivity index (χ0n) is 18.1. The van der Waals surface area contributed by atoms with E-state index >= 15 is 0 Å². The fourth-order valence-corrected chi connectivity index (χ4v) is 4.98. The first-order chi connectivity index (χ1) is 14.9. The molecule has 0 radical (unpaired) electrons. The molecule has 0 spiro atoms. The van der Waals surface area contributed by atoms with Gasteiger partial charge in [0.05, 0.1) is 5.39 Å². The van der Waals surface area contributed by atoms with Crippen LogP contribution >= 0.6 is 11.3 Å². The molecule has 0 atom stereocenters. The number of aryl methyl sites for hydroxylation is 2. The third-order valence-electron chi connectivity index (χ3n) is 5.71. The van der Waals surface area contributed by atoms with Gasteiger partial charge in [-0.2, -0.15) is 0 Å². The minimum Gasteiger partial charge on any atom is -0.369 e. The molecule has 0 saturated carbocycles. The van der Waals surface area contributed by atoms with E-state index in [-0.39, 0.29) is 11.8 Å². The average molecular weight is 438 g/mol. The molecule has 162 valence electrons. The molecule has 2 amide bonds. The van der Waals surface area contributed by atoms with Crippen molar-refractivity contribution >= 4 is 39.2 Å². The minimum atomic E-state index is 0.0666. The molecule has 2 aromatic heterocycles. The molecule has 1 aliphatic rings. The Morgan fingerprint density at radius 2 is 1.71 bits per heavy atom. The van der Waals surface area contributed by atoms with Crippen molar-refractivity contribution in [2.24, 2.45) is 0 Å². The van der Waals surface area contributed by atoms with Gasteiger partial charge in [0.25, 0.3) is 0 Å². The zero-order chi connectivity index (χ0) is 22.0. The standard InChI is InChI=1S/C23H27N5O2S/c1-15-4-6-18(7-5-15)20-16(2)31-23-21(20)22(25-14-26-23)24-9-8-19(30)28-12-10-27(11-13-28)17(3)29/h4-7,14H,8-13H2,1-3H3,(H,24,25,26).